The molecular weight excluding hydrogens is 286 g/mol. The van der Waals surface area contributed by atoms with Gasteiger partial charge in [-0.05, 0) is 25.0 Å². The molecule has 0 radical (unpaired) electrons. The van der Waals surface area contributed by atoms with Crippen LogP contribution in [-0.2, 0) is 4.74 Å². The molecule has 0 unspecified atom stereocenters. The average molecular weight is 305 g/mol. The van der Waals surface area contributed by atoms with Crippen molar-refractivity contribution >= 4 is 17.3 Å². The number of nitrogens with two attached hydrogens (primary N) is 1. The van der Waals surface area contributed by atoms with E-state index in [1.807, 2.05) is 4.90 Å². The van der Waals surface area contributed by atoms with E-state index in [0.29, 0.717) is 18.7 Å². The van der Waals surface area contributed by atoms with Crippen LogP contribution in [-0.4, -0.2) is 41.0 Å². The smallest absolute Gasteiger partial charge is 0.292 e. The van der Waals surface area contributed by atoms with Crippen LogP contribution in [0.2, 0.25) is 0 Å². The van der Waals surface area contributed by atoms with E-state index >= 15 is 0 Å². The Kier molecular flexibility index (Phi) is 3.98. The minimum Gasteiger partial charge on any atom is -0.393 e. The predicted octanol–water partition coefficient (Wildman–Crippen LogP) is 1.96. The van der Waals surface area contributed by atoms with Crippen LogP contribution in [0, 0.1) is 10.1 Å². The number of nitrogens with zero attached hydrogens (tertiary/aromatic N) is 2. The molecule has 2 atom stereocenters. The average Bonchev–Trinajstić information content (AvgIpc) is 2.54. The van der Waals surface area contributed by atoms with Gasteiger partial charge in [0.15, 0.2) is 0 Å². The monoisotopic (exact) mass is 305 g/mol. The second-order valence-electron chi connectivity index (χ2n) is 5.79. The molecule has 1 heterocycles. The second kappa shape index (κ2) is 5.92. The quantitative estimate of drug-likeness (QED) is 0.511. The first-order chi connectivity index (χ1) is 10.6. The normalized spacial score (nSPS) is 24.6. The van der Waals surface area contributed by atoms with E-state index in [0.717, 1.165) is 25.7 Å². The number of nitrogen functional groups attached to an aromatic ring is 1. The van der Waals surface area contributed by atoms with Crippen LogP contribution < -0.4 is 5.73 Å². The number of anilines is 1. The van der Waals surface area contributed by atoms with Gasteiger partial charge in [0.05, 0.1) is 23.7 Å². The maximum Gasteiger partial charge on any atom is 0.292 e. The molecule has 1 aliphatic carbocycles. The first-order valence-electron chi connectivity index (χ1n) is 7.54. The number of amides is 1. The predicted molar refractivity (Wildman–Crippen MR) is 80.5 cm³/mol. The van der Waals surface area contributed by atoms with Crippen molar-refractivity contribution in [2.45, 2.75) is 37.8 Å². The van der Waals surface area contributed by atoms with Crippen molar-refractivity contribution in [1.29, 1.82) is 0 Å². The van der Waals surface area contributed by atoms with Crippen LogP contribution in [0.5, 0.6) is 0 Å². The lowest BCUT2D eigenvalue weighted by atomic mass is 9.89. The summed E-state index contributed by atoms with van der Waals surface area (Å²) in [4.78, 5) is 25.0. The molecule has 1 amide bonds. The number of ether oxygens (including phenoxy) is 1. The van der Waals surface area contributed by atoms with Gasteiger partial charge in [0, 0.05) is 18.2 Å². The summed E-state index contributed by atoms with van der Waals surface area (Å²) in [7, 11) is 0. The molecule has 2 fully saturated rings. The number of carbonyl (C=O) groups is 1. The number of hydrogen-bond donors (Lipinski definition) is 1. The zero-order chi connectivity index (χ0) is 15.7. The van der Waals surface area contributed by atoms with Gasteiger partial charge in [-0.2, -0.15) is 0 Å². The van der Waals surface area contributed by atoms with Crippen LogP contribution in [0.1, 0.15) is 36.0 Å². The number of fused-ring (bicyclic) bond motifs is 1. The Morgan fingerprint density at radius 3 is 2.91 bits per heavy atom. The summed E-state index contributed by atoms with van der Waals surface area (Å²) in [6, 6.07) is 4.32. The van der Waals surface area contributed by atoms with Crippen LogP contribution in [0.4, 0.5) is 11.4 Å². The van der Waals surface area contributed by atoms with E-state index in [4.69, 9.17) is 10.5 Å². The molecule has 1 saturated heterocycles. The van der Waals surface area contributed by atoms with E-state index in [-0.39, 0.29) is 29.4 Å². The van der Waals surface area contributed by atoms with E-state index in [9.17, 15) is 14.9 Å². The second-order valence-corrected chi connectivity index (χ2v) is 5.79. The van der Waals surface area contributed by atoms with Gasteiger partial charge in [-0.15, -0.1) is 0 Å². The fourth-order valence-corrected chi connectivity index (χ4v) is 3.35. The number of morpholine rings is 1. The van der Waals surface area contributed by atoms with Crippen LogP contribution in [0.25, 0.3) is 0 Å². The van der Waals surface area contributed by atoms with E-state index < -0.39 is 4.92 Å². The lowest BCUT2D eigenvalue weighted by molar-refractivity contribution is -0.383. The summed E-state index contributed by atoms with van der Waals surface area (Å²) >= 11 is 0. The van der Waals surface area contributed by atoms with Gasteiger partial charge in [-0.25, -0.2) is 0 Å². The molecule has 0 bridgehead atoms. The molecule has 118 valence electrons. The zero-order valence-corrected chi connectivity index (χ0v) is 12.2. The molecule has 0 aromatic heterocycles. The summed E-state index contributed by atoms with van der Waals surface area (Å²) in [5.41, 5.74) is 5.75. The van der Waals surface area contributed by atoms with Gasteiger partial charge < -0.3 is 15.4 Å². The van der Waals surface area contributed by atoms with Crippen molar-refractivity contribution in [1.82, 2.24) is 4.90 Å². The largest absolute Gasteiger partial charge is 0.393 e. The Balaban J connectivity index is 1.86. The maximum atomic E-state index is 12.7. The number of hydrogen-bond acceptors (Lipinski definition) is 5. The van der Waals surface area contributed by atoms with Crippen molar-refractivity contribution in [2.24, 2.45) is 0 Å². The summed E-state index contributed by atoms with van der Waals surface area (Å²) in [5.74, 6) is -0.177. The Morgan fingerprint density at radius 2 is 2.14 bits per heavy atom. The SMILES string of the molecule is Nc1ccc(C(=O)N2CCO[C@H]3CCCC[C@H]32)cc1[N+](=O)[O-]. The first-order valence-corrected chi connectivity index (χ1v) is 7.54. The number of nitro groups is 1. The van der Waals surface area contributed by atoms with Gasteiger partial charge in [0.1, 0.15) is 5.69 Å². The topological polar surface area (TPSA) is 98.7 Å². The Labute approximate surface area is 128 Å². The molecule has 0 spiro atoms. The van der Waals surface area contributed by atoms with Gasteiger partial charge in [0.2, 0.25) is 0 Å². The highest BCUT2D eigenvalue weighted by atomic mass is 16.6. The number of benzene rings is 1. The summed E-state index contributed by atoms with van der Waals surface area (Å²) in [6.07, 6.45) is 4.19. The highest BCUT2D eigenvalue weighted by molar-refractivity contribution is 5.96. The standard InChI is InChI=1S/C15H19N3O4/c16-11-6-5-10(9-13(11)18(20)21)15(19)17-7-8-22-14-4-2-1-3-12(14)17/h5-6,9,12,14H,1-4,7-8,16H2/t12-,14+/m1/s1. The molecule has 1 aliphatic heterocycles. The number of nitro benzene ring substituents is 1. The third-order valence-corrected chi connectivity index (χ3v) is 4.47. The third kappa shape index (κ3) is 2.64. The van der Waals surface area contributed by atoms with Gasteiger partial charge in [-0.1, -0.05) is 12.8 Å². The van der Waals surface area contributed by atoms with Crippen LogP contribution >= 0.6 is 0 Å². The Bertz CT molecular complexity index is 602. The maximum absolute atomic E-state index is 12.7. The molecular formula is C15H19N3O4. The fourth-order valence-electron chi connectivity index (χ4n) is 3.35. The van der Waals surface area contributed by atoms with Crippen LogP contribution in [0.3, 0.4) is 0 Å². The van der Waals surface area contributed by atoms with Gasteiger partial charge >= 0.3 is 0 Å². The minimum atomic E-state index is -0.561. The van der Waals surface area contributed by atoms with Gasteiger partial charge in [0.25, 0.3) is 11.6 Å². The summed E-state index contributed by atoms with van der Waals surface area (Å²) in [6.45, 7) is 1.04. The molecule has 2 aliphatic rings. The molecule has 3 rings (SSSR count). The highest BCUT2D eigenvalue weighted by Crippen LogP contribution is 2.30. The van der Waals surface area contributed by atoms with Crippen molar-refractivity contribution < 1.29 is 14.5 Å². The molecule has 1 aromatic carbocycles. The Hall–Kier alpha value is -2.15. The van der Waals surface area contributed by atoms with E-state index in [2.05, 4.69) is 0 Å². The zero-order valence-electron chi connectivity index (χ0n) is 12.2. The molecule has 1 aromatic rings. The van der Waals surface area contributed by atoms with E-state index in [1.165, 1.54) is 12.1 Å². The number of carbonyl (C=O) groups excluding carboxylic acids is 1. The van der Waals surface area contributed by atoms with E-state index in [1.54, 1.807) is 6.07 Å². The van der Waals surface area contributed by atoms with Crippen molar-refractivity contribution in [2.75, 3.05) is 18.9 Å². The van der Waals surface area contributed by atoms with Crippen molar-refractivity contribution in [3.8, 4) is 0 Å². The lowest BCUT2D eigenvalue weighted by Crippen LogP contribution is -2.54. The molecule has 2 N–H and O–H groups in total. The Morgan fingerprint density at radius 1 is 1.36 bits per heavy atom. The molecule has 7 nitrogen and oxygen atoms in total. The highest BCUT2D eigenvalue weighted by Gasteiger charge is 2.37. The van der Waals surface area contributed by atoms with Gasteiger partial charge in [-0.3, -0.25) is 14.9 Å². The van der Waals surface area contributed by atoms with Crippen molar-refractivity contribution in [3.63, 3.8) is 0 Å². The fraction of sp³-hybridized carbons (Fsp3) is 0.533. The summed E-state index contributed by atoms with van der Waals surface area (Å²) < 4.78 is 5.76. The number of rotatable bonds is 2. The van der Waals surface area contributed by atoms with Crippen LogP contribution in [0.15, 0.2) is 18.2 Å². The van der Waals surface area contributed by atoms with Crippen molar-refractivity contribution in [3.05, 3.63) is 33.9 Å². The summed E-state index contributed by atoms with van der Waals surface area (Å²) in [5, 5.41) is 11.0. The molecule has 1 saturated carbocycles. The molecule has 22 heavy (non-hydrogen) atoms. The molecule has 7 heteroatoms. The lowest BCUT2D eigenvalue weighted by Gasteiger charge is -2.43. The third-order valence-electron chi connectivity index (χ3n) is 4.47. The first kappa shape index (κ1) is 14.8. The minimum absolute atomic E-state index is 0.0686.